The summed E-state index contributed by atoms with van der Waals surface area (Å²) in [5.74, 6) is 0.109. The molecule has 0 aromatic heterocycles. The van der Waals surface area contributed by atoms with Gasteiger partial charge in [-0.1, -0.05) is 48.0 Å². The van der Waals surface area contributed by atoms with Gasteiger partial charge in [-0.3, -0.25) is 9.69 Å². The van der Waals surface area contributed by atoms with Crippen LogP contribution in [0, 0.1) is 13.8 Å². The third-order valence-corrected chi connectivity index (χ3v) is 4.80. The number of carbonyl (C=O) groups is 1. The van der Waals surface area contributed by atoms with Gasteiger partial charge < -0.3 is 9.05 Å². The first-order chi connectivity index (χ1) is 12.8. The van der Waals surface area contributed by atoms with Gasteiger partial charge in [0.05, 0.1) is 0 Å². The Balaban J connectivity index is 1.82. The van der Waals surface area contributed by atoms with Gasteiger partial charge in [0.1, 0.15) is 11.5 Å². The summed E-state index contributed by atoms with van der Waals surface area (Å²) in [5.41, 5.74) is 2.78. The fourth-order valence-electron chi connectivity index (χ4n) is 2.60. The normalized spacial score (nSPS) is 12.9. The highest BCUT2D eigenvalue weighted by Crippen LogP contribution is 2.44. The summed E-state index contributed by atoms with van der Waals surface area (Å²) in [4.78, 5) is 22.8. The lowest BCUT2D eigenvalue weighted by atomic mass is 9.97. The van der Waals surface area contributed by atoms with E-state index in [9.17, 15) is 14.3 Å². The molecule has 0 saturated carbocycles. The van der Waals surface area contributed by atoms with Gasteiger partial charge in [0.15, 0.2) is 5.78 Å². The van der Waals surface area contributed by atoms with Crippen LogP contribution in [0.5, 0.6) is 11.5 Å². The summed E-state index contributed by atoms with van der Waals surface area (Å²) < 4.78 is 22.4. The lowest BCUT2D eigenvalue weighted by Crippen LogP contribution is -2.05. The van der Waals surface area contributed by atoms with Crippen molar-refractivity contribution in [1.82, 2.24) is 0 Å². The fourth-order valence-corrected chi connectivity index (χ4v) is 3.40. The van der Waals surface area contributed by atoms with E-state index in [1.807, 2.05) is 32.0 Å². The van der Waals surface area contributed by atoms with Gasteiger partial charge >= 0.3 is 7.82 Å². The van der Waals surface area contributed by atoms with Crippen molar-refractivity contribution < 1.29 is 23.3 Å². The maximum atomic E-state index is 12.8. The molecule has 1 N–H and O–H groups in total. The number of ketones is 1. The van der Waals surface area contributed by atoms with Crippen molar-refractivity contribution >= 4 is 13.6 Å². The van der Waals surface area contributed by atoms with Crippen molar-refractivity contribution in [3.8, 4) is 11.5 Å². The molecular formula is C21H19O5P. The topological polar surface area (TPSA) is 72.8 Å². The molecule has 27 heavy (non-hydrogen) atoms. The van der Waals surface area contributed by atoms with Crippen LogP contribution in [0.3, 0.4) is 0 Å². The zero-order valence-corrected chi connectivity index (χ0v) is 15.9. The standard InChI is InChI=1S/C21H19O5P/c1-15-11-12-16(2)20(13-15)21(22)17-7-6-10-19(14-17)26-27(23,24)25-18-8-4-3-5-9-18/h3-14H,1-2H3,(H,23,24). The number of phosphoric ester groups is 1. The maximum absolute atomic E-state index is 12.8. The number of aryl methyl sites for hydroxylation is 2. The lowest BCUT2D eigenvalue weighted by molar-refractivity contribution is 0.103. The summed E-state index contributed by atoms with van der Waals surface area (Å²) in [7, 11) is -4.39. The molecular weight excluding hydrogens is 363 g/mol. The molecule has 3 rings (SSSR count). The highest BCUT2D eigenvalue weighted by atomic mass is 31.2. The summed E-state index contributed by atoms with van der Waals surface area (Å²) in [5, 5.41) is 0. The Bertz CT molecular complexity index is 1010. The molecule has 5 nitrogen and oxygen atoms in total. The largest absolute Gasteiger partial charge is 0.584 e. The zero-order valence-electron chi connectivity index (χ0n) is 15.0. The van der Waals surface area contributed by atoms with E-state index >= 15 is 0 Å². The molecule has 0 aliphatic carbocycles. The van der Waals surface area contributed by atoms with Crippen LogP contribution in [-0.4, -0.2) is 10.7 Å². The van der Waals surface area contributed by atoms with Gasteiger partial charge in [0.2, 0.25) is 0 Å². The molecule has 0 bridgehead atoms. The minimum absolute atomic E-state index is 0.0768. The Morgan fingerprint density at radius 3 is 2.26 bits per heavy atom. The summed E-state index contributed by atoms with van der Waals surface area (Å²) in [6, 6.07) is 20.0. The Labute approximate surface area is 157 Å². The fraction of sp³-hybridized carbons (Fsp3) is 0.0952. The number of hydrogen-bond donors (Lipinski definition) is 1. The maximum Gasteiger partial charge on any atom is 0.584 e. The predicted molar refractivity (Wildman–Crippen MR) is 103 cm³/mol. The summed E-state index contributed by atoms with van der Waals surface area (Å²) >= 11 is 0. The lowest BCUT2D eigenvalue weighted by Gasteiger charge is -2.14. The van der Waals surface area contributed by atoms with Gasteiger partial charge in [-0.2, -0.15) is 0 Å². The number of phosphoric acid groups is 1. The van der Waals surface area contributed by atoms with Crippen molar-refractivity contribution in [3.63, 3.8) is 0 Å². The molecule has 0 aliphatic rings. The number of para-hydroxylation sites is 1. The molecule has 3 aromatic rings. The van der Waals surface area contributed by atoms with Crippen LogP contribution in [0.15, 0.2) is 72.8 Å². The monoisotopic (exact) mass is 382 g/mol. The third kappa shape index (κ3) is 4.85. The first-order valence-corrected chi connectivity index (χ1v) is 9.83. The molecule has 0 spiro atoms. The second-order valence-corrected chi connectivity index (χ2v) is 7.44. The van der Waals surface area contributed by atoms with Gasteiger partial charge in [-0.05, 0) is 49.7 Å². The Hall–Kier alpha value is -2.88. The van der Waals surface area contributed by atoms with Gasteiger partial charge in [0.25, 0.3) is 0 Å². The third-order valence-electron chi connectivity index (χ3n) is 3.92. The highest BCUT2D eigenvalue weighted by Gasteiger charge is 2.25. The van der Waals surface area contributed by atoms with Crippen molar-refractivity contribution in [2.75, 3.05) is 0 Å². The van der Waals surface area contributed by atoms with E-state index in [4.69, 9.17) is 9.05 Å². The van der Waals surface area contributed by atoms with Crippen molar-refractivity contribution in [2.24, 2.45) is 0 Å². The van der Waals surface area contributed by atoms with Crippen molar-refractivity contribution in [1.29, 1.82) is 0 Å². The first kappa shape index (κ1) is 18.9. The minimum Gasteiger partial charge on any atom is -0.395 e. The first-order valence-electron chi connectivity index (χ1n) is 8.33. The van der Waals surface area contributed by atoms with E-state index in [0.717, 1.165) is 11.1 Å². The molecule has 3 aromatic carbocycles. The Morgan fingerprint density at radius 1 is 0.852 bits per heavy atom. The molecule has 0 saturated heterocycles. The van der Waals surface area contributed by atoms with Crippen LogP contribution in [0.1, 0.15) is 27.0 Å². The number of benzene rings is 3. The van der Waals surface area contributed by atoms with Crippen LogP contribution in [0.4, 0.5) is 0 Å². The molecule has 0 fully saturated rings. The van der Waals surface area contributed by atoms with Crippen LogP contribution in [-0.2, 0) is 4.57 Å². The Kier molecular flexibility index (Phi) is 5.45. The Morgan fingerprint density at radius 2 is 1.52 bits per heavy atom. The van der Waals surface area contributed by atoms with Crippen molar-refractivity contribution in [3.05, 3.63) is 95.1 Å². The van der Waals surface area contributed by atoms with Crippen LogP contribution in [0.25, 0.3) is 0 Å². The molecule has 0 radical (unpaired) electrons. The predicted octanol–water partition coefficient (Wildman–Crippen LogP) is 5.09. The number of carbonyl (C=O) groups excluding carboxylic acids is 1. The molecule has 0 amide bonds. The van der Waals surface area contributed by atoms with E-state index in [0.29, 0.717) is 11.1 Å². The molecule has 0 heterocycles. The summed E-state index contributed by atoms with van der Waals surface area (Å²) in [6.45, 7) is 3.78. The van der Waals surface area contributed by atoms with Gasteiger partial charge in [-0.15, -0.1) is 0 Å². The van der Waals surface area contributed by atoms with E-state index in [2.05, 4.69) is 0 Å². The van der Waals surface area contributed by atoms with Crippen LogP contribution in [0.2, 0.25) is 0 Å². The smallest absolute Gasteiger partial charge is 0.395 e. The second-order valence-electron chi connectivity index (χ2n) is 6.14. The van der Waals surface area contributed by atoms with E-state index in [1.165, 1.54) is 12.1 Å². The zero-order chi connectivity index (χ0) is 19.4. The molecule has 6 heteroatoms. The SMILES string of the molecule is Cc1ccc(C)c(C(=O)c2cccc(OP(=O)(O)Oc3ccccc3)c2)c1. The average Bonchev–Trinajstić information content (AvgIpc) is 2.63. The van der Waals surface area contributed by atoms with Crippen molar-refractivity contribution in [2.45, 2.75) is 13.8 Å². The highest BCUT2D eigenvalue weighted by molar-refractivity contribution is 7.48. The average molecular weight is 382 g/mol. The second kappa shape index (κ2) is 7.78. The summed E-state index contributed by atoms with van der Waals surface area (Å²) in [6.07, 6.45) is 0. The van der Waals surface area contributed by atoms with Crippen LogP contribution >= 0.6 is 7.82 Å². The van der Waals surface area contributed by atoms with Gasteiger partial charge in [0, 0.05) is 11.1 Å². The molecule has 0 aliphatic heterocycles. The van der Waals surface area contributed by atoms with E-state index < -0.39 is 7.82 Å². The van der Waals surface area contributed by atoms with Crippen LogP contribution < -0.4 is 9.05 Å². The molecule has 1 unspecified atom stereocenters. The van der Waals surface area contributed by atoms with E-state index in [1.54, 1.807) is 42.5 Å². The van der Waals surface area contributed by atoms with Gasteiger partial charge in [-0.25, -0.2) is 4.57 Å². The molecule has 1 atom stereocenters. The quantitative estimate of drug-likeness (QED) is 0.475. The van der Waals surface area contributed by atoms with E-state index in [-0.39, 0.29) is 17.3 Å². The number of hydrogen-bond acceptors (Lipinski definition) is 4. The number of rotatable bonds is 6. The molecule has 138 valence electrons. The minimum atomic E-state index is -4.39.